The Labute approximate surface area is 87.2 Å². The van der Waals surface area contributed by atoms with Crippen LogP contribution in [0.5, 0.6) is 5.75 Å². The lowest BCUT2D eigenvalue weighted by molar-refractivity contribution is 0.00722. The Morgan fingerprint density at radius 3 is 3.21 bits per heavy atom. The molecular weight excluding hydrogens is 204 g/mol. The molecule has 0 N–H and O–H groups in total. The third-order valence-corrected chi connectivity index (χ3v) is 2.21. The minimum absolute atomic E-state index is 0.115. The number of hydrogen-bond acceptors (Lipinski definition) is 4. The van der Waals surface area contributed by atoms with E-state index in [4.69, 9.17) is 21.1 Å². The predicted octanol–water partition coefficient (Wildman–Crippen LogP) is 1.69. The molecule has 14 heavy (non-hydrogen) atoms. The fraction of sp³-hybridized carbons (Fsp3) is 0.556. The van der Waals surface area contributed by atoms with Gasteiger partial charge in [0.25, 0.3) is 0 Å². The van der Waals surface area contributed by atoms with Gasteiger partial charge in [0.1, 0.15) is 11.9 Å². The van der Waals surface area contributed by atoms with E-state index in [-0.39, 0.29) is 6.10 Å². The molecule has 0 amide bonds. The normalized spacial score (nSPS) is 21.9. The van der Waals surface area contributed by atoms with Crippen LogP contribution < -0.4 is 4.74 Å². The molecule has 1 fully saturated rings. The molecule has 1 unspecified atom stereocenters. The van der Waals surface area contributed by atoms with Crippen LogP contribution in [0.25, 0.3) is 0 Å². The van der Waals surface area contributed by atoms with Gasteiger partial charge in [-0.2, -0.15) is 5.10 Å². The first kappa shape index (κ1) is 9.68. The lowest BCUT2D eigenvalue weighted by Crippen LogP contribution is -2.28. The van der Waals surface area contributed by atoms with Gasteiger partial charge in [-0.05, 0) is 12.8 Å². The summed E-state index contributed by atoms with van der Waals surface area (Å²) >= 11 is 5.68. The molecule has 0 aliphatic carbocycles. The Kier molecular flexibility index (Phi) is 3.16. The van der Waals surface area contributed by atoms with Crippen molar-refractivity contribution in [2.75, 3.05) is 13.2 Å². The number of ether oxygens (including phenoxy) is 2. The molecule has 1 aliphatic rings. The van der Waals surface area contributed by atoms with Crippen LogP contribution in [0.2, 0.25) is 5.15 Å². The van der Waals surface area contributed by atoms with Crippen molar-refractivity contribution in [3.8, 4) is 5.75 Å². The van der Waals surface area contributed by atoms with Gasteiger partial charge in [-0.1, -0.05) is 11.6 Å². The molecule has 5 heteroatoms. The van der Waals surface area contributed by atoms with Crippen molar-refractivity contribution in [3.63, 3.8) is 0 Å². The third kappa shape index (κ3) is 2.56. The molecule has 1 aliphatic heterocycles. The van der Waals surface area contributed by atoms with E-state index in [1.165, 1.54) is 0 Å². The lowest BCUT2D eigenvalue weighted by Gasteiger charge is -2.22. The smallest absolute Gasteiger partial charge is 0.155 e. The van der Waals surface area contributed by atoms with Crippen molar-refractivity contribution in [3.05, 3.63) is 17.4 Å². The van der Waals surface area contributed by atoms with Crippen LogP contribution in [-0.2, 0) is 4.74 Å². The maximum absolute atomic E-state index is 5.68. The molecule has 1 aromatic heterocycles. The minimum Gasteiger partial charge on any atom is -0.486 e. The van der Waals surface area contributed by atoms with E-state index in [0.29, 0.717) is 17.5 Å². The van der Waals surface area contributed by atoms with Gasteiger partial charge in [-0.25, -0.2) is 0 Å². The molecule has 1 saturated heterocycles. The van der Waals surface area contributed by atoms with Crippen molar-refractivity contribution in [2.45, 2.75) is 18.9 Å². The fourth-order valence-corrected chi connectivity index (χ4v) is 1.54. The zero-order valence-corrected chi connectivity index (χ0v) is 8.41. The average molecular weight is 215 g/mol. The van der Waals surface area contributed by atoms with Crippen LogP contribution >= 0.6 is 11.6 Å². The molecule has 1 atom stereocenters. The maximum Gasteiger partial charge on any atom is 0.155 e. The van der Waals surface area contributed by atoms with Crippen LogP contribution in [0.1, 0.15) is 12.8 Å². The zero-order chi connectivity index (χ0) is 9.80. The summed E-state index contributed by atoms with van der Waals surface area (Å²) in [5, 5.41) is 7.69. The number of rotatable bonds is 2. The summed E-state index contributed by atoms with van der Waals surface area (Å²) in [7, 11) is 0. The molecular formula is C9H11ClN2O2. The van der Waals surface area contributed by atoms with Crippen LogP contribution in [-0.4, -0.2) is 29.5 Å². The van der Waals surface area contributed by atoms with Crippen molar-refractivity contribution in [2.24, 2.45) is 0 Å². The highest BCUT2D eigenvalue weighted by Gasteiger charge is 2.15. The second-order valence-corrected chi connectivity index (χ2v) is 3.56. The Morgan fingerprint density at radius 1 is 1.57 bits per heavy atom. The molecule has 0 spiro atoms. The number of nitrogens with zero attached hydrogens (tertiary/aromatic N) is 2. The number of halogens is 1. The monoisotopic (exact) mass is 214 g/mol. The van der Waals surface area contributed by atoms with Gasteiger partial charge in [0.2, 0.25) is 0 Å². The Morgan fingerprint density at radius 2 is 2.50 bits per heavy atom. The molecule has 0 radical (unpaired) electrons. The Balaban J connectivity index is 1.95. The Hall–Kier alpha value is -0.870. The van der Waals surface area contributed by atoms with Crippen LogP contribution in [0.3, 0.4) is 0 Å². The number of aromatic nitrogens is 2. The van der Waals surface area contributed by atoms with Crippen LogP contribution in [0.15, 0.2) is 12.3 Å². The first-order chi connectivity index (χ1) is 6.84. The molecule has 0 bridgehead atoms. The second kappa shape index (κ2) is 4.57. The van der Waals surface area contributed by atoms with Crippen LogP contribution in [0.4, 0.5) is 0 Å². The first-order valence-corrected chi connectivity index (χ1v) is 4.95. The topological polar surface area (TPSA) is 44.2 Å². The predicted molar refractivity (Wildman–Crippen MR) is 51.5 cm³/mol. The number of hydrogen-bond donors (Lipinski definition) is 0. The van der Waals surface area contributed by atoms with Crippen molar-refractivity contribution < 1.29 is 9.47 Å². The quantitative estimate of drug-likeness (QED) is 0.752. The molecule has 1 aromatic rings. The van der Waals surface area contributed by atoms with E-state index >= 15 is 0 Å². The summed E-state index contributed by atoms with van der Waals surface area (Å²) in [6.45, 7) is 1.47. The molecule has 0 aromatic carbocycles. The third-order valence-electron chi connectivity index (χ3n) is 2.02. The molecule has 2 heterocycles. The lowest BCUT2D eigenvalue weighted by atomic mass is 10.2. The van der Waals surface area contributed by atoms with E-state index < -0.39 is 0 Å². The van der Waals surface area contributed by atoms with E-state index in [2.05, 4.69) is 10.2 Å². The zero-order valence-electron chi connectivity index (χ0n) is 7.65. The highest BCUT2D eigenvalue weighted by atomic mass is 35.5. The van der Waals surface area contributed by atoms with Gasteiger partial charge < -0.3 is 9.47 Å². The summed E-state index contributed by atoms with van der Waals surface area (Å²) < 4.78 is 10.9. The summed E-state index contributed by atoms with van der Waals surface area (Å²) in [5.74, 6) is 0.653. The van der Waals surface area contributed by atoms with E-state index in [9.17, 15) is 0 Å². The summed E-state index contributed by atoms with van der Waals surface area (Å²) in [6, 6.07) is 1.66. The molecule has 2 rings (SSSR count). The highest BCUT2D eigenvalue weighted by Crippen LogP contribution is 2.18. The highest BCUT2D eigenvalue weighted by molar-refractivity contribution is 6.29. The maximum atomic E-state index is 5.68. The minimum atomic E-state index is 0.115. The van der Waals surface area contributed by atoms with Gasteiger partial charge in [-0.15, -0.1) is 5.10 Å². The van der Waals surface area contributed by atoms with E-state index in [0.717, 1.165) is 19.4 Å². The average Bonchev–Trinajstić information content (AvgIpc) is 2.19. The molecule has 0 saturated carbocycles. The summed E-state index contributed by atoms with van der Waals surface area (Å²) in [4.78, 5) is 0. The van der Waals surface area contributed by atoms with E-state index in [1.807, 2.05) is 0 Å². The van der Waals surface area contributed by atoms with Crippen LogP contribution in [0, 0.1) is 0 Å². The fourth-order valence-electron chi connectivity index (χ4n) is 1.39. The van der Waals surface area contributed by atoms with Crippen molar-refractivity contribution in [1.82, 2.24) is 10.2 Å². The summed E-state index contributed by atoms with van der Waals surface area (Å²) in [5.41, 5.74) is 0. The van der Waals surface area contributed by atoms with Gasteiger partial charge in [-0.3, -0.25) is 0 Å². The van der Waals surface area contributed by atoms with Gasteiger partial charge in [0.15, 0.2) is 5.15 Å². The SMILES string of the molecule is Clc1cc(OC2CCCOC2)cnn1. The van der Waals surface area contributed by atoms with Gasteiger partial charge in [0, 0.05) is 12.7 Å². The van der Waals surface area contributed by atoms with Crippen molar-refractivity contribution in [1.29, 1.82) is 0 Å². The van der Waals surface area contributed by atoms with Gasteiger partial charge in [0.05, 0.1) is 12.8 Å². The standard InChI is InChI=1S/C9H11ClN2O2/c10-9-4-8(5-11-12-9)14-7-2-1-3-13-6-7/h4-5,7H,1-3,6H2. The van der Waals surface area contributed by atoms with Gasteiger partial charge >= 0.3 is 0 Å². The first-order valence-electron chi connectivity index (χ1n) is 4.57. The Bertz CT molecular complexity index is 303. The molecule has 76 valence electrons. The van der Waals surface area contributed by atoms with Crippen molar-refractivity contribution >= 4 is 11.6 Å². The second-order valence-electron chi connectivity index (χ2n) is 3.17. The van der Waals surface area contributed by atoms with E-state index in [1.54, 1.807) is 12.3 Å². The summed E-state index contributed by atoms with van der Waals surface area (Å²) in [6.07, 6.45) is 3.72. The largest absolute Gasteiger partial charge is 0.486 e. The molecule has 4 nitrogen and oxygen atoms in total.